The van der Waals surface area contributed by atoms with Gasteiger partial charge in [-0.05, 0) is 43.2 Å². The maximum Gasteiger partial charge on any atom is 0.270 e. The number of benzene rings is 2. The smallest absolute Gasteiger partial charge is 0.270 e. The summed E-state index contributed by atoms with van der Waals surface area (Å²) in [6.45, 7) is 3.67. The summed E-state index contributed by atoms with van der Waals surface area (Å²) in [6.07, 6.45) is 0.531. The molecule has 0 aliphatic rings. The molecule has 0 N–H and O–H groups in total. The Bertz CT molecular complexity index is 705. The third-order valence-electron chi connectivity index (χ3n) is 2.97. The highest BCUT2D eigenvalue weighted by Gasteiger charge is 2.14. The van der Waals surface area contributed by atoms with E-state index in [2.05, 4.69) is 0 Å². The molecule has 0 heterocycles. The van der Waals surface area contributed by atoms with Crippen LogP contribution in [0, 0.1) is 24.0 Å². The summed E-state index contributed by atoms with van der Waals surface area (Å²) in [5.41, 5.74) is 1.59. The molecular formula is C15H12ClNO4. The van der Waals surface area contributed by atoms with Gasteiger partial charge in [-0.25, -0.2) is 0 Å². The lowest BCUT2D eigenvalue weighted by atomic mass is 10.1. The van der Waals surface area contributed by atoms with Crippen LogP contribution in [0.2, 0.25) is 5.02 Å². The second kappa shape index (κ2) is 5.93. The van der Waals surface area contributed by atoms with E-state index in [4.69, 9.17) is 16.3 Å². The lowest BCUT2D eigenvalue weighted by Gasteiger charge is -2.13. The zero-order chi connectivity index (χ0) is 15.6. The molecule has 0 aliphatic heterocycles. The summed E-state index contributed by atoms with van der Waals surface area (Å²) in [5, 5.41) is 11.3. The molecule has 0 fully saturated rings. The molecular weight excluding hydrogens is 294 g/mol. The van der Waals surface area contributed by atoms with E-state index >= 15 is 0 Å². The van der Waals surface area contributed by atoms with Gasteiger partial charge in [-0.1, -0.05) is 11.6 Å². The van der Waals surface area contributed by atoms with E-state index in [9.17, 15) is 14.9 Å². The number of non-ortho nitro benzene ring substituents is 1. The highest BCUT2D eigenvalue weighted by Crippen LogP contribution is 2.33. The zero-order valence-corrected chi connectivity index (χ0v) is 12.2. The number of hydrogen-bond donors (Lipinski definition) is 0. The van der Waals surface area contributed by atoms with E-state index in [-0.39, 0.29) is 17.0 Å². The van der Waals surface area contributed by atoms with Crippen LogP contribution in [-0.4, -0.2) is 11.2 Å². The number of nitro groups is 1. The fourth-order valence-electron chi connectivity index (χ4n) is 2.00. The van der Waals surface area contributed by atoms with Gasteiger partial charge in [0.1, 0.15) is 11.5 Å². The average molecular weight is 306 g/mol. The number of nitrogens with zero attached hydrogens (tertiary/aromatic N) is 1. The van der Waals surface area contributed by atoms with Crippen LogP contribution in [0.3, 0.4) is 0 Å². The van der Waals surface area contributed by atoms with E-state index in [1.165, 1.54) is 18.2 Å². The van der Waals surface area contributed by atoms with E-state index in [1.54, 1.807) is 12.1 Å². The minimum Gasteiger partial charge on any atom is -0.456 e. The molecule has 0 radical (unpaired) electrons. The number of carbonyl (C=O) groups excluding carboxylic acids is 1. The average Bonchev–Trinajstić information content (AvgIpc) is 2.42. The van der Waals surface area contributed by atoms with Gasteiger partial charge in [0, 0.05) is 17.2 Å². The molecule has 21 heavy (non-hydrogen) atoms. The third kappa shape index (κ3) is 3.20. The second-order valence-corrected chi connectivity index (χ2v) is 5.00. The quantitative estimate of drug-likeness (QED) is 0.475. The van der Waals surface area contributed by atoms with Gasteiger partial charge in [0.2, 0.25) is 0 Å². The molecule has 0 atom stereocenters. The Morgan fingerprint density at radius 1 is 1.19 bits per heavy atom. The van der Waals surface area contributed by atoms with Crippen molar-refractivity contribution in [3.63, 3.8) is 0 Å². The number of aldehydes is 1. The van der Waals surface area contributed by atoms with Crippen molar-refractivity contribution in [1.82, 2.24) is 0 Å². The maximum atomic E-state index is 11.1. The number of carbonyl (C=O) groups is 1. The summed E-state index contributed by atoms with van der Waals surface area (Å²) >= 11 is 5.95. The molecule has 0 aromatic heterocycles. The number of aryl methyl sites for hydroxylation is 2. The van der Waals surface area contributed by atoms with Gasteiger partial charge in [0.05, 0.1) is 10.5 Å². The maximum absolute atomic E-state index is 11.1. The van der Waals surface area contributed by atoms with Crippen LogP contribution in [0.4, 0.5) is 5.69 Å². The van der Waals surface area contributed by atoms with Crippen LogP contribution in [-0.2, 0) is 0 Å². The first kappa shape index (κ1) is 15.0. The molecule has 0 spiro atoms. The SMILES string of the molecule is Cc1cc(Cl)cc(C)c1Oc1ccc([N+](=O)[O-])cc1C=O. The van der Waals surface area contributed by atoms with Crippen molar-refractivity contribution in [3.8, 4) is 11.5 Å². The lowest BCUT2D eigenvalue weighted by molar-refractivity contribution is -0.384. The Labute approximate surface area is 126 Å². The van der Waals surface area contributed by atoms with Crippen molar-refractivity contribution in [2.45, 2.75) is 13.8 Å². The predicted octanol–water partition coefficient (Wildman–Crippen LogP) is 4.47. The molecule has 0 amide bonds. The minimum atomic E-state index is -0.560. The van der Waals surface area contributed by atoms with Crippen LogP contribution < -0.4 is 4.74 Å². The van der Waals surface area contributed by atoms with Gasteiger partial charge >= 0.3 is 0 Å². The largest absolute Gasteiger partial charge is 0.456 e. The molecule has 108 valence electrons. The highest BCUT2D eigenvalue weighted by molar-refractivity contribution is 6.30. The van der Waals surface area contributed by atoms with Crippen LogP contribution in [0.1, 0.15) is 21.5 Å². The first-order valence-electron chi connectivity index (χ1n) is 6.10. The molecule has 6 heteroatoms. The van der Waals surface area contributed by atoms with Crippen molar-refractivity contribution in [2.75, 3.05) is 0 Å². The standard InChI is InChI=1S/C15H12ClNO4/c1-9-5-12(16)6-10(2)15(9)21-14-4-3-13(17(19)20)7-11(14)8-18/h3-8H,1-2H3. The van der Waals surface area contributed by atoms with Gasteiger partial charge in [-0.2, -0.15) is 0 Å². The van der Waals surface area contributed by atoms with E-state index in [1.807, 2.05) is 13.8 Å². The van der Waals surface area contributed by atoms with Gasteiger partial charge in [-0.15, -0.1) is 0 Å². The first-order valence-corrected chi connectivity index (χ1v) is 6.48. The van der Waals surface area contributed by atoms with Crippen molar-refractivity contribution in [1.29, 1.82) is 0 Å². The fourth-order valence-corrected chi connectivity index (χ4v) is 2.33. The molecule has 0 unspecified atom stereocenters. The van der Waals surface area contributed by atoms with Crippen molar-refractivity contribution < 1.29 is 14.5 Å². The second-order valence-electron chi connectivity index (χ2n) is 4.57. The minimum absolute atomic E-state index is 0.123. The highest BCUT2D eigenvalue weighted by atomic mass is 35.5. The zero-order valence-electron chi connectivity index (χ0n) is 11.4. The Balaban J connectivity index is 2.45. The van der Waals surface area contributed by atoms with Gasteiger partial charge < -0.3 is 4.74 Å². The Hall–Kier alpha value is -2.40. The Morgan fingerprint density at radius 2 is 1.81 bits per heavy atom. The van der Waals surface area contributed by atoms with Gasteiger partial charge in [0.15, 0.2) is 6.29 Å². The number of hydrogen-bond acceptors (Lipinski definition) is 4. The summed E-state index contributed by atoms with van der Waals surface area (Å²) in [5.74, 6) is 0.848. The topological polar surface area (TPSA) is 69.4 Å². The van der Waals surface area contributed by atoms with Crippen LogP contribution in [0.25, 0.3) is 0 Å². The van der Waals surface area contributed by atoms with E-state index in [0.717, 1.165) is 11.1 Å². The van der Waals surface area contributed by atoms with Crippen molar-refractivity contribution in [2.24, 2.45) is 0 Å². The molecule has 5 nitrogen and oxygen atoms in total. The number of ether oxygens (including phenoxy) is 1. The first-order chi connectivity index (χ1) is 9.92. The predicted molar refractivity (Wildman–Crippen MR) is 79.5 cm³/mol. The number of halogens is 1. The Morgan fingerprint density at radius 3 is 2.33 bits per heavy atom. The molecule has 0 aliphatic carbocycles. The van der Waals surface area contributed by atoms with Crippen molar-refractivity contribution >= 4 is 23.6 Å². The Kier molecular flexibility index (Phi) is 4.23. The molecule has 2 aromatic carbocycles. The summed E-state index contributed by atoms with van der Waals surface area (Å²) in [6, 6.07) is 7.38. The fraction of sp³-hybridized carbons (Fsp3) is 0.133. The van der Waals surface area contributed by atoms with Crippen molar-refractivity contribution in [3.05, 3.63) is 62.2 Å². The van der Waals surface area contributed by atoms with Crippen LogP contribution >= 0.6 is 11.6 Å². The van der Waals surface area contributed by atoms with Gasteiger partial charge in [-0.3, -0.25) is 14.9 Å². The monoisotopic (exact) mass is 305 g/mol. The molecule has 0 saturated heterocycles. The summed E-state index contributed by atoms with van der Waals surface area (Å²) in [4.78, 5) is 21.3. The lowest BCUT2D eigenvalue weighted by Crippen LogP contribution is -1.96. The van der Waals surface area contributed by atoms with Crippen LogP contribution in [0.15, 0.2) is 30.3 Å². The normalized spacial score (nSPS) is 10.2. The number of rotatable bonds is 4. The number of nitro benzene ring substituents is 1. The molecule has 0 bridgehead atoms. The summed E-state index contributed by atoms with van der Waals surface area (Å²) < 4.78 is 5.74. The summed E-state index contributed by atoms with van der Waals surface area (Å²) in [7, 11) is 0. The molecule has 0 saturated carbocycles. The third-order valence-corrected chi connectivity index (χ3v) is 3.19. The van der Waals surface area contributed by atoms with Crippen LogP contribution in [0.5, 0.6) is 11.5 Å². The van der Waals surface area contributed by atoms with E-state index < -0.39 is 4.92 Å². The van der Waals surface area contributed by atoms with Gasteiger partial charge in [0.25, 0.3) is 5.69 Å². The molecule has 2 rings (SSSR count). The molecule has 2 aromatic rings. The van der Waals surface area contributed by atoms with E-state index in [0.29, 0.717) is 17.1 Å².